The van der Waals surface area contributed by atoms with Crippen LogP contribution < -0.4 is 5.32 Å². The summed E-state index contributed by atoms with van der Waals surface area (Å²) in [7, 11) is -4.41. The number of carbonyl (C=O) groups excluding carboxylic acids is 1. The molecule has 1 aromatic rings. The highest BCUT2D eigenvalue weighted by molar-refractivity contribution is 7.89. The molecule has 1 aliphatic heterocycles. The highest BCUT2D eigenvalue weighted by Crippen LogP contribution is 2.35. The standard InChI is InChI=1S/C12H13F3N2O3S/c1-8-11(18)16-6-7-17(8)21(19,20)10-5-3-2-4-9(10)12(13,14)15/h2-5,8H,6-7H2,1H3,(H,16,18). The first-order valence-electron chi connectivity index (χ1n) is 6.11. The SMILES string of the molecule is CC1C(=O)NCCN1S(=O)(=O)c1ccccc1C(F)(F)F. The Bertz CT molecular complexity index is 658. The number of nitrogens with zero attached hydrogens (tertiary/aromatic N) is 1. The molecule has 1 atom stereocenters. The molecule has 0 spiro atoms. The smallest absolute Gasteiger partial charge is 0.353 e. The highest BCUT2D eigenvalue weighted by atomic mass is 32.2. The highest BCUT2D eigenvalue weighted by Gasteiger charge is 2.41. The molecule has 1 amide bonds. The van der Waals surface area contributed by atoms with Crippen molar-refractivity contribution in [3.05, 3.63) is 29.8 Å². The van der Waals surface area contributed by atoms with Crippen molar-refractivity contribution in [2.45, 2.75) is 24.0 Å². The third kappa shape index (κ3) is 2.88. The summed E-state index contributed by atoms with van der Waals surface area (Å²) in [6, 6.07) is 2.90. The molecule has 1 N–H and O–H groups in total. The Kier molecular flexibility index (Phi) is 3.98. The van der Waals surface area contributed by atoms with Gasteiger partial charge in [0.1, 0.15) is 6.04 Å². The van der Waals surface area contributed by atoms with E-state index in [1.807, 2.05) is 0 Å². The molecule has 0 bridgehead atoms. The van der Waals surface area contributed by atoms with Crippen LogP contribution in [0.15, 0.2) is 29.2 Å². The summed E-state index contributed by atoms with van der Waals surface area (Å²) in [5.41, 5.74) is -1.23. The monoisotopic (exact) mass is 322 g/mol. The number of nitrogens with one attached hydrogen (secondary N) is 1. The predicted molar refractivity (Wildman–Crippen MR) is 67.8 cm³/mol. The Morgan fingerprint density at radius 3 is 2.52 bits per heavy atom. The van der Waals surface area contributed by atoms with Gasteiger partial charge in [-0.25, -0.2) is 8.42 Å². The zero-order chi connectivity index (χ0) is 15.8. The van der Waals surface area contributed by atoms with Crippen molar-refractivity contribution in [2.24, 2.45) is 0 Å². The fourth-order valence-electron chi connectivity index (χ4n) is 2.14. The average molecular weight is 322 g/mol. The molecular weight excluding hydrogens is 309 g/mol. The zero-order valence-corrected chi connectivity index (χ0v) is 11.8. The number of hydrogen-bond acceptors (Lipinski definition) is 3. The van der Waals surface area contributed by atoms with Crippen LogP contribution in [0.5, 0.6) is 0 Å². The minimum atomic E-state index is -4.79. The number of benzene rings is 1. The fraction of sp³-hybridized carbons (Fsp3) is 0.417. The van der Waals surface area contributed by atoms with Gasteiger partial charge >= 0.3 is 6.18 Å². The largest absolute Gasteiger partial charge is 0.417 e. The van der Waals surface area contributed by atoms with Crippen LogP contribution in [0.4, 0.5) is 13.2 Å². The van der Waals surface area contributed by atoms with Gasteiger partial charge in [0.2, 0.25) is 15.9 Å². The van der Waals surface area contributed by atoms with E-state index in [1.54, 1.807) is 0 Å². The second-order valence-electron chi connectivity index (χ2n) is 4.58. The summed E-state index contributed by atoms with van der Waals surface area (Å²) in [5.74, 6) is -0.533. The molecule has 0 aromatic heterocycles. The molecule has 0 saturated carbocycles. The summed E-state index contributed by atoms with van der Waals surface area (Å²) in [4.78, 5) is 10.7. The van der Waals surface area contributed by atoms with E-state index in [9.17, 15) is 26.4 Å². The van der Waals surface area contributed by atoms with Crippen LogP contribution in [0.25, 0.3) is 0 Å². The zero-order valence-electron chi connectivity index (χ0n) is 11.0. The van der Waals surface area contributed by atoms with Crippen molar-refractivity contribution in [1.82, 2.24) is 9.62 Å². The second kappa shape index (κ2) is 5.30. The maximum absolute atomic E-state index is 13.0. The van der Waals surface area contributed by atoms with Gasteiger partial charge < -0.3 is 5.32 Å². The van der Waals surface area contributed by atoms with Crippen molar-refractivity contribution >= 4 is 15.9 Å². The number of carbonyl (C=O) groups is 1. The molecule has 1 aromatic carbocycles. The first-order valence-corrected chi connectivity index (χ1v) is 7.55. The van der Waals surface area contributed by atoms with Gasteiger partial charge in [-0.05, 0) is 19.1 Å². The normalized spacial score (nSPS) is 21.1. The molecule has 1 unspecified atom stereocenters. The number of alkyl halides is 3. The minimum Gasteiger partial charge on any atom is -0.353 e. The lowest BCUT2D eigenvalue weighted by Crippen LogP contribution is -2.55. The van der Waals surface area contributed by atoms with Gasteiger partial charge in [0, 0.05) is 13.1 Å². The summed E-state index contributed by atoms with van der Waals surface area (Å²) >= 11 is 0. The minimum absolute atomic E-state index is 0.0661. The van der Waals surface area contributed by atoms with Crippen LogP contribution in [-0.4, -0.2) is 37.8 Å². The molecule has 5 nitrogen and oxygen atoms in total. The van der Waals surface area contributed by atoms with Crippen LogP contribution in [0.2, 0.25) is 0 Å². The molecule has 9 heteroatoms. The van der Waals surface area contributed by atoms with Gasteiger partial charge in [-0.15, -0.1) is 0 Å². The van der Waals surface area contributed by atoms with Crippen molar-refractivity contribution < 1.29 is 26.4 Å². The van der Waals surface area contributed by atoms with Crippen LogP contribution in [0, 0.1) is 0 Å². The Labute approximate surface area is 119 Å². The molecule has 1 saturated heterocycles. The number of amides is 1. The van der Waals surface area contributed by atoms with E-state index in [2.05, 4.69) is 5.32 Å². The van der Waals surface area contributed by atoms with Gasteiger partial charge in [0.05, 0.1) is 10.5 Å². The topological polar surface area (TPSA) is 66.5 Å². The third-order valence-corrected chi connectivity index (χ3v) is 5.25. The van der Waals surface area contributed by atoms with E-state index in [1.165, 1.54) is 13.0 Å². The quantitative estimate of drug-likeness (QED) is 0.890. The average Bonchev–Trinajstić information content (AvgIpc) is 2.41. The first-order chi connectivity index (χ1) is 9.65. The molecule has 1 heterocycles. The van der Waals surface area contributed by atoms with Crippen LogP contribution >= 0.6 is 0 Å². The van der Waals surface area contributed by atoms with Crippen molar-refractivity contribution in [2.75, 3.05) is 13.1 Å². The van der Waals surface area contributed by atoms with E-state index in [0.717, 1.165) is 16.4 Å². The van der Waals surface area contributed by atoms with Crippen LogP contribution in [-0.2, 0) is 21.0 Å². The fourth-order valence-corrected chi connectivity index (χ4v) is 3.95. The van der Waals surface area contributed by atoms with E-state index in [-0.39, 0.29) is 13.1 Å². The summed E-state index contributed by atoms with van der Waals surface area (Å²) in [5, 5.41) is 2.46. The molecule has 1 fully saturated rings. The lowest BCUT2D eigenvalue weighted by atomic mass is 10.2. The number of halogens is 3. The van der Waals surface area contributed by atoms with E-state index in [4.69, 9.17) is 0 Å². The van der Waals surface area contributed by atoms with Gasteiger partial charge in [0.15, 0.2) is 0 Å². The summed E-state index contributed by atoms with van der Waals surface area (Å²) in [6.45, 7) is 1.33. The first kappa shape index (κ1) is 15.8. The third-order valence-electron chi connectivity index (χ3n) is 3.22. The lowest BCUT2D eigenvalue weighted by molar-refractivity contribution is -0.139. The second-order valence-corrected chi connectivity index (χ2v) is 6.44. The Balaban J connectivity index is 2.53. The van der Waals surface area contributed by atoms with Crippen LogP contribution in [0.3, 0.4) is 0 Å². The van der Waals surface area contributed by atoms with Gasteiger partial charge in [-0.1, -0.05) is 12.1 Å². The van der Waals surface area contributed by atoms with E-state index >= 15 is 0 Å². The van der Waals surface area contributed by atoms with Gasteiger partial charge in [-0.2, -0.15) is 17.5 Å². The van der Waals surface area contributed by atoms with E-state index < -0.39 is 38.6 Å². The Morgan fingerprint density at radius 2 is 1.90 bits per heavy atom. The van der Waals surface area contributed by atoms with Crippen molar-refractivity contribution in [1.29, 1.82) is 0 Å². The maximum Gasteiger partial charge on any atom is 0.417 e. The number of sulfonamides is 1. The number of piperazine rings is 1. The predicted octanol–water partition coefficient (Wildman–Crippen LogP) is 1.21. The molecule has 116 valence electrons. The lowest BCUT2D eigenvalue weighted by Gasteiger charge is -2.32. The van der Waals surface area contributed by atoms with Crippen LogP contribution in [0.1, 0.15) is 12.5 Å². The van der Waals surface area contributed by atoms with E-state index in [0.29, 0.717) is 6.07 Å². The maximum atomic E-state index is 13.0. The van der Waals surface area contributed by atoms with Crippen molar-refractivity contribution in [3.63, 3.8) is 0 Å². The molecule has 0 aliphatic carbocycles. The summed E-state index contributed by atoms with van der Waals surface area (Å²) in [6.07, 6.45) is -4.79. The molecular formula is C12H13F3N2O3S. The number of rotatable bonds is 2. The molecule has 0 radical (unpaired) electrons. The van der Waals surface area contributed by atoms with Gasteiger partial charge in [-0.3, -0.25) is 4.79 Å². The van der Waals surface area contributed by atoms with Gasteiger partial charge in [0.25, 0.3) is 0 Å². The molecule has 1 aliphatic rings. The summed E-state index contributed by atoms with van der Waals surface area (Å²) < 4.78 is 64.6. The Morgan fingerprint density at radius 1 is 1.29 bits per heavy atom. The molecule has 21 heavy (non-hydrogen) atoms. The van der Waals surface area contributed by atoms with Crippen molar-refractivity contribution in [3.8, 4) is 0 Å². The Hall–Kier alpha value is -1.61. The number of hydrogen-bond donors (Lipinski definition) is 1. The molecule has 2 rings (SSSR count).